The number of hydrogen-bond donors (Lipinski definition) is 3. The summed E-state index contributed by atoms with van der Waals surface area (Å²) in [5.41, 5.74) is 9.88. The molecule has 1 aromatic carbocycles. The Bertz CT molecular complexity index is 564. The third-order valence-electron chi connectivity index (χ3n) is 2.43. The lowest BCUT2D eigenvalue weighted by atomic mass is 10.2. The molecule has 2 aromatic rings. The first-order valence-electron chi connectivity index (χ1n) is 5.73. The molecule has 5 nitrogen and oxygen atoms in total. The smallest absolute Gasteiger partial charge is 0.239 e. The van der Waals surface area contributed by atoms with E-state index in [1.54, 1.807) is 16.8 Å². The number of anilines is 2. The van der Waals surface area contributed by atoms with Crippen LogP contribution >= 0.6 is 11.3 Å². The number of nitrogens with zero attached hydrogens (tertiary/aromatic N) is 1. The average molecular weight is 264 g/mol. The Labute approximate surface area is 109 Å². The lowest BCUT2D eigenvalue weighted by molar-refractivity contribution is -0.119. The van der Waals surface area contributed by atoms with Crippen LogP contribution in [0.4, 0.5) is 11.4 Å². The molecule has 0 fully saturated rings. The van der Waals surface area contributed by atoms with Crippen LogP contribution in [-0.4, -0.2) is 23.5 Å². The highest BCUT2D eigenvalue weighted by Gasteiger charge is 2.08. The van der Waals surface area contributed by atoms with E-state index in [4.69, 9.17) is 5.73 Å². The molecule has 4 N–H and O–H groups in total. The van der Waals surface area contributed by atoms with Crippen LogP contribution in [-0.2, 0) is 4.79 Å². The molecule has 0 spiro atoms. The summed E-state index contributed by atoms with van der Waals surface area (Å²) in [5.74, 6) is -0.0530. The quantitative estimate of drug-likeness (QED) is 0.736. The molecule has 0 aliphatic rings. The number of nitrogens with one attached hydrogen (secondary N) is 2. The fourth-order valence-electron chi connectivity index (χ4n) is 1.65. The third kappa shape index (κ3) is 2.70. The van der Waals surface area contributed by atoms with E-state index in [1.807, 2.05) is 26.0 Å². The van der Waals surface area contributed by atoms with E-state index in [-0.39, 0.29) is 18.5 Å². The van der Waals surface area contributed by atoms with Gasteiger partial charge in [-0.2, -0.15) is 0 Å². The zero-order chi connectivity index (χ0) is 13.1. The van der Waals surface area contributed by atoms with Crippen LogP contribution < -0.4 is 16.4 Å². The van der Waals surface area contributed by atoms with Crippen molar-refractivity contribution in [2.45, 2.75) is 19.9 Å². The fraction of sp³-hybridized carbons (Fsp3) is 0.333. The Balaban J connectivity index is 2.07. The second kappa shape index (κ2) is 5.22. The predicted octanol–water partition coefficient (Wildman–Crippen LogP) is 1.81. The lowest BCUT2D eigenvalue weighted by Crippen LogP contribution is -2.34. The van der Waals surface area contributed by atoms with Gasteiger partial charge >= 0.3 is 0 Å². The number of carbonyl (C=O) groups is 1. The van der Waals surface area contributed by atoms with Crippen molar-refractivity contribution in [1.29, 1.82) is 0 Å². The maximum absolute atomic E-state index is 11.5. The molecule has 0 atom stereocenters. The van der Waals surface area contributed by atoms with Crippen molar-refractivity contribution in [3.63, 3.8) is 0 Å². The van der Waals surface area contributed by atoms with E-state index >= 15 is 0 Å². The summed E-state index contributed by atoms with van der Waals surface area (Å²) in [5, 5.41) is 5.84. The number of benzene rings is 1. The molecule has 18 heavy (non-hydrogen) atoms. The molecule has 2 rings (SSSR count). The highest BCUT2D eigenvalue weighted by molar-refractivity contribution is 7.16. The molecule has 0 saturated heterocycles. The van der Waals surface area contributed by atoms with Crippen molar-refractivity contribution in [3.05, 3.63) is 17.6 Å². The Morgan fingerprint density at radius 2 is 2.28 bits per heavy atom. The highest BCUT2D eigenvalue weighted by atomic mass is 32.1. The van der Waals surface area contributed by atoms with Crippen molar-refractivity contribution in [1.82, 2.24) is 10.3 Å². The Kier molecular flexibility index (Phi) is 3.66. The van der Waals surface area contributed by atoms with Crippen molar-refractivity contribution in [2.75, 3.05) is 17.6 Å². The summed E-state index contributed by atoms with van der Waals surface area (Å²) < 4.78 is 1.05. The first kappa shape index (κ1) is 12.6. The molecule has 0 bridgehead atoms. The second-order valence-corrected chi connectivity index (χ2v) is 5.19. The van der Waals surface area contributed by atoms with Gasteiger partial charge in [-0.05, 0) is 26.0 Å². The van der Waals surface area contributed by atoms with Gasteiger partial charge in [-0.1, -0.05) is 0 Å². The first-order chi connectivity index (χ1) is 8.58. The number of nitrogen functional groups attached to an aromatic ring is 1. The molecule has 1 aromatic heterocycles. The molecule has 96 valence electrons. The molecule has 1 amide bonds. The van der Waals surface area contributed by atoms with Gasteiger partial charge in [-0.3, -0.25) is 4.79 Å². The minimum Gasteiger partial charge on any atom is -0.395 e. The number of amides is 1. The summed E-state index contributed by atoms with van der Waals surface area (Å²) >= 11 is 1.54. The number of fused-ring (bicyclic) bond motifs is 1. The molecular formula is C12H16N4OS. The highest BCUT2D eigenvalue weighted by Crippen LogP contribution is 2.29. The molecule has 6 heteroatoms. The molecule has 0 aliphatic carbocycles. The van der Waals surface area contributed by atoms with Gasteiger partial charge in [0.05, 0.1) is 28.1 Å². The van der Waals surface area contributed by atoms with Gasteiger partial charge in [-0.15, -0.1) is 11.3 Å². The van der Waals surface area contributed by atoms with E-state index in [2.05, 4.69) is 15.6 Å². The van der Waals surface area contributed by atoms with Gasteiger partial charge in [0, 0.05) is 6.04 Å². The van der Waals surface area contributed by atoms with Crippen molar-refractivity contribution in [2.24, 2.45) is 0 Å². The standard InChI is InChI=1S/C12H16N4OS/c1-7(2)16-10(17)5-14-8-3-4-9-12(11(8)13)15-6-18-9/h3-4,6-7,14H,5,13H2,1-2H3,(H,16,17). The topological polar surface area (TPSA) is 80.0 Å². The van der Waals surface area contributed by atoms with Crippen molar-refractivity contribution < 1.29 is 4.79 Å². The van der Waals surface area contributed by atoms with E-state index in [9.17, 15) is 4.79 Å². The maximum atomic E-state index is 11.5. The SMILES string of the molecule is CC(C)NC(=O)CNc1ccc2scnc2c1N. The van der Waals surface area contributed by atoms with Crippen LogP contribution in [0.15, 0.2) is 17.6 Å². The zero-order valence-electron chi connectivity index (χ0n) is 10.4. The van der Waals surface area contributed by atoms with E-state index < -0.39 is 0 Å². The van der Waals surface area contributed by atoms with Gasteiger partial charge in [0.1, 0.15) is 5.52 Å². The van der Waals surface area contributed by atoms with Crippen LogP contribution in [0, 0.1) is 0 Å². The van der Waals surface area contributed by atoms with Gasteiger partial charge in [-0.25, -0.2) is 4.98 Å². The number of nitrogens with two attached hydrogens (primary N) is 1. The summed E-state index contributed by atoms with van der Waals surface area (Å²) in [6, 6.07) is 3.96. The van der Waals surface area contributed by atoms with Gasteiger partial charge < -0.3 is 16.4 Å². The summed E-state index contributed by atoms with van der Waals surface area (Å²) in [6.45, 7) is 4.05. The Hall–Kier alpha value is -1.82. The van der Waals surface area contributed by atoms with Crippen molar-refractivity contribution in [3.8, 4) is 0 Å². The van der Waals surface area contributed by atoms with Crippen LogP contribution in [0.1, 0.15) is 13.8 Å². The number of rotatable bonds is 4. The van der Waals surface area contributed by atoms with Crippen molar-refractivity contribution >= 4 is 38.8 Å². The minimum absolute atomic E-state index is 0.0530. The average Bonchev–Trinajstić information content (AvgIpc) is 2.76. The molecule has 0 radical (unpaired) electrons. The van der Waals surface area contributed by atoms with E-state index in [0.717, 1.165) is 15.9 Å². The van der Waals surface area contributed by atoms with Crippen LogP contribution in [0.25, 0.3) is 10.2 Å². The van der Waals surface area contributed by atoms with Gasteiger partial charge in [0.2, 0.25) is 5.91 Å². The molecular weight excluding hydrogens is 248 g/mol. The number of carbonyl (C=O) groups excluding carboxylic acids is 1. The summed E-state index contributed by atoms with van der Waals surface area (Å²) in [4.78, 5) is 15.7. The Morgan fingerprint density at radius 1 is 1.50 bits per heavy atom. The van der Waals surface area contributed by atoms with E-state index in [0.29, 0.717) is 5.69 Å². The molecule has 0 aliphatic heterocycles. The van der Waals surface area contributed by atoms with E-state index in [1.165, 1.54) is 0 Å². The lowest BCUT2D eigenvalue weighted by Gasteiger charge is -2.11. The second-order valence-electron chi connectivity index (χ2n) is 4.30. The monoisotopic (exact) mass is 264 g/mol. The number of hydrogen-bond acceptors (Lipinski definition) is 5. The number of thiazole rings is 1. The number of aromatic nitrogens is 1. The summed E-state index contributed by atoms with van der Waals surface area (Å²) in [6.07, 6.45) is 0. The maximum Gasteiger partial charge on any atom is 0.239 e. The zero-order valence-corrected chi connectivity index (χ0v) is 11.2. The normalized spacial score (nSPS) is 10.8. The molecule has 0 unspecified atom stereocenters. The van der Waals surface area contributed by atoms with Crippen LogP contribution in [0.5, 0.6) is 0 Å². The van der Waals surface area contributed by atoms with Crippen LogP contribution in [0.3, 0.4) is 0 Å². The van der Waals surface area contributed by atoms with Gasteiger partial charge in [0.25, 0.3) is 0 Å². The fourth-order valence-corrected chi connectivity index (χ4v) is 2.35. The first-order valence-corrected chi connectivity index (χ1v) is 6.61. The molecule has 0 saturated carbocycles. The van der Waals surface area contributed by atoms with Crippen LogP contribution in [0.2, 0.25) is 0 Å². The summed E-state index contributed by atoms with van der Waals surface area (Å²) in [7, 11) is 0. The molecule has 1 heterocycles. The van der Waals surface area contributed by atoms with Gasteiger partial charge in [0.15, 0.2) is 0 Å². The Morgan fingerprint density at radius 3 is 3.00 bits per heavy atom. The minimum atomic E-state index is -0.0530. The predicted molar refractivity (Wildman–Crippen MR) is 75.8 cm³/mol. The largest absolute Gasteiger partial charge is 0.395 e. The third-order valence-corrected chi connectivity index (χ3v) is 3.22.